The van der Waals surface area contributed by atoms with E-state index in [9.17, 15) is 0 Å². The first-order valence-corrected chi connectivity index (χ1v) is 13.4. The maximum absolute atomic E-state index is 2.42. The Balaban J connectivity index is 1.34. The number of para-hydroxylation sites is 1. The van der Waals surface area contributed by atoms with Gasteiger partial charge in [0.05, 0.1) is 16.7 Å². The van der Waals surface area contributed by atoms with Gasteiger partial charge in [0.25, 0.3) is 0 Å². The van der Waals surface area contributed by atoms with E-state index < -0.39 is 0 Å². The summed E-state index contributed by atoms with van der Waals surface area (Å²) in [7, 11) is 0. The summed E-state index contributed by atoms with van der Waals surface area (Å²) < 4.78 is 2.42. The van der Waals surface area contributed by atoms with Crippen LogP contribution in [0.2, 0.25) is 0 Å². The number of fused-ring (bicyclic) bond motifs is 4. The minimum absolute atomic E-state index is 0.549. The molecular formula is C37H29N. The highest BCUT2D eigenvalue weighted by molar-refractivity contribution is 6.11. The molecule has 38 heavy (non-hydrogen) atoms. The summed E-state index contributed by atoms with van der Waals surface area (Å²) in [6.45, 7) is 4.47. The molecule has 7 rings (SSSR count). The fourth-order valence-electron chi connectivity index (χ4n) is 5.73. The maximum Gasteiger partial charge on any atom is 0.0541 e. The van der Waals surface area contributed by atoms with E-state index in [4.69, 9.17) is 0 Å². The number of nitrogens with zero attached hydrogens (tertiary/aromatic N) is 1. The molecule has 0 unspecified atom stereocenters. The topological polar surface area (TPSA) is 4.93 Å². The van der Waals surface area contributed by atoms with Gasteiger partial charge in [-0.15, -0.1) is 0 Å². The third kappa shape index (κ3) is 3.71. The Morgan fingerprint density at radius 1 is 0.447 bits per heavy atom. The predicted molar refractivity (Wildman–Crippen MR) is 163 cm³/mol. The molecule has 0 aliphatic heterocycles. The van der Waals surface area contributed by atoms with E-state index in [1.807, 2.05) is 0 Å². The molecule has 0 aliphatic rings. The Morgan fingerprint density at radius 2 is 1.00 bits per heavy atom. The summed E-state index contributed by atoms with van der Waals surface area (Å²) in [5.74, 6) is 0.549. The van der Waals surface area contributed by atoms with Crippen molar-refractivity contribution in [2.24, 2.45) is 0 Å². The van der Waals surface area contributed by atoms with E-state index in [0.717, 1.165) is 0 Å². The molecule has 0 atom stereocenters. The molecule has 0 saturated carbocycles. The van der Waals surface area contributed by atoms with E-state index >= 15 is 0 Å². The summed E-state index contributed by atoms with van der Waals surface area (Å²) in [6.07, 6.45) is 0. The number of hydrogen-bond acceptors (Lipinski definition) is 0. The van der Waals surface area contributed by atoms with Gasteiger partial charge < -0.3 is 4.57 Å². The summed E-state index contributed by atoms with van der Waals surface area (Å²) in [6, 6.07) is 48.8. The number of hydrogen-bond donors (Lipinski definition) is 0. The Kier molecular flexibility index (Phi) is 5.37. The van der Waals surface area contributed by atoms with Crippen molar-refractivity contribution >= 4 is 32.6 Å². The van der Waals surface area contributed by atoms with Crippen LogP contribution in [0.25, 0.3) is 60.5 Å². The summed E-state index contributed by atoms with van der Waals surface area (Å²) in [5, 5.41) is 5.07. The van der Waals surface area contributed by atoms with Crippen LogP contribution in [0.3, 0.4) is 0 Å². The number of benzene rings is 6. The zero-order chi connectivity index (χ0) is 25.6. The van der Waals surface area contributed by atoms with Gasteiger partial charge in [-0.1, -0.05) is 123 Å². The molecule has 0 N–H and O–H groups in total. The lowest BCUT2D eigenvalue weighted by atomic mass is 9.97. The van der Waals surface area contributed by atoms with Crippen LogP contribution in [-0.2, 0) is 0 Å². The first-order valence-electron chi connectivity index (χ1n) is 13.4. The van der Waals surface area contributed by atoms with Gasteiger partial charge in [-0.25, -0.2) is 0 Å². The van der Waals surface area contributed by atoms with Gasteiger partial charge in [-0.05, 0) is 63.4 Å². The first-order chi connectivity index (χ1) is 18.7. The van der Waals surface area contributed by atoms with Gasteiger partial charge in [0.1, 0.15) is 0 Å². The SMILES string of the molecule is CC(C)c1ccc(-c2ccc(-c3ccc4c(c3)c3ccccc3n4-c3cccc4ccccc34)cc2)cc1. The van der Waals surface area contributed by atoms with Crippen LogP contribution in [0.1, 0.15) is 25.3 Å². The number of aromatic nitrogens is 1. The summed E-state index contributed by atoms with van der Waals surface area (Å²) >= 11 is 0. The maximum atomic E-state index is 2.42. The van der Waals surface area contributed by atoms with Crippen LogP contribution in [-0.4, -0.2) is 4.57 Å². The third-order valence-corrected chi connectivity index (χ3v) is 7.81. The predicted octanol–water partition coefficient (Wildman–Crippen LogP) is 10.4. The van der Waals surface area contributed by atoms with E-state index in [1.165, 1.54) is 66.1 Å². The van der Waals surface area contributed by atoms with Crippen LogP contribution in [0, 0.1) is 0 Å². The van der Waals surface area contributed by atoms with E-state index in [-0.39, 0.29) is 0 Å². The average Bonchev–Trinajstić information content (AvgIpc) is 3.30. The second-order valence-corrected chi connectivity index (χ2v) is 10.4. The van der Waals surface area contributed by atoms with Crippen LogP contribution in [0.4, 0.5) is 0 Å². The molecule has 1 heterocycles. The molecule has 0 fully saturated rings. The van der Waals surface area contributed by atoms with E-state index in [0.29, 0.717) is 5.92 Å². The average molecular weight is 488 g/mol. The third-order valence-electron chi connectivity index (χ3n) is 7.81. The van der Waals surface area contributed by atoms with Gasteiger partial charge in [0.2, 0.25) is 0 Å². The van der Waals surface area contributed by atoms with E-state index in [1.54, 1.807) is 0 Å². The molecule has 1 heteroatoms. The van der Waals surface area contributed by atoms with Gasteiger partial charge in [0, 0.05) is 16.2 Å². The molecule has 0 aliphatic carbocycles. The van der Waals surface area contributed by atoms with Crippen molar-refractivity contribution in [2.45, 2.75) is 19.8 Å². The fraction of sp³-hybridized carbons (Fsp3) is 0.0811. The van der Waals surface area contributed by atoms with Crippen LogP contribution in [0.15, 0.2) is 133 Å². The smallest absolute Gasteiger partial charge is 0.0541 e. The number of rotatable bonds is 4. The monoisotopic (exact) mass is 487 g/mol. The van der Waals surface area contributed by atoms with Crippen molar-refractivity contribution in [2.75, 3.05) is 0 Å². The van der Waals surface area contributed by atoms with Gasteiger partial charge in [-0.3, -0.25) is 0 Å². The zero-order valence-electron chi connectivity index (χ0n) is 21.7. The quantitative estimate of drug-likeness (QED) is 0.233. The largest absolute Gasteiger partial charge is 0.309 e. The van der Waals surface area contributed by atoms with Crippen LogP contribution < -0.4 is 0 Å². The van der Waals surface area contributed by atoms with Crippen molar-refractivity contribution < 1.29 is 0 Å². The highest BCUT2D eigenvalue weighted by Gasteiger charge is 2.14. The van der Waals surface area contributed by atoms with E-state index in [2.05, 4.69) is 152 Å². The first kappa shape index (κ1) is 22.6. The Hall–Kier alpha value is -4.62. The second-order valence-electron chi connectivity index (χ2n) is 10.4. The van der Waals surface area contributed by atoms with Crippen molar-refractivity contribution in [3.05, 3.63) is 139 Å². The molecular weight excluding hydrogens is 458 g/mol. The molecule has 0 radical (unpaired) electrons. The second kappa shape index (κ2) is 9.04. The molecule has 0 amide bonds. The highest BCUT2D eigenvalue weighted by Crippen LogP contribution is 2.37. The standard InChI is InChI=1S/C37H29N/c1-25(2)26-14-16-27(17-15-26)28-18-20-29(21-19-28)31-22-23-37-34(24-31)33-11-5-6-12-36(33)38(37)35-13-7-9-30-8-3-4-10-32(30)35/h3-25H,1-2H3. The van der Waals surface area contributed by atoms with Crippen molar-refractivity contribution in [3.8, 4) is 27.9 Å². The molecule has 1 aromatic heterocycles. The highest BCUT2D eigenvalue weighted by atomic mass is 15.0. The fourth-order valence-corrected chi connectivity index (χ4v) is 5.73. The van der Waals surface area contributed by atoms with Gasteiger partial charge in [-0.2, -0.15) is 0 Å². The Morgan fingerprint density at radius 3 is 1.74 bits per heavy atom. The molecule has 6 aromatic carbocycles. The lowest BCUT2D eigenvalue weighted by Crippen LogP contribution is -1.95. The summed E-state index contributed by atoms with van der Waals surface area (Å²) in [5.41, 5.74) is 10.0. The lowest BCUT2D eigenvalue weighted by Gasteiger charge is -2.12. The molecule has 7 aromatic rings. The van der Waals surface area contributed by atoms with Crippen LogP contribution >= 0.6 is 0 Å². The lowest BCUT2D eigenvalue weighted by molar-refractivity contribution is 0.867. The molecule has 1 nitrogen and oxygen atoms in total. The minimum Gasteiger partial charge on any atom is -0.309 e. The minimum atomic E-state index is 0.549. The molecule has 182 valence electrons. The molecule has 0 spiro atoms. The van der Waals surface area contributed by atoms with Crippen molar-refractivity contribution in [3.63, 3.8) is 0 Å². The molecule has 0 bridgehead atoms. The van der Waals surface area contributed by atoms with Crippen molar-refractivity contribution in [1.29, 1.82) is 0 Å². The van der Waals surface area contributed by atoms with Crippen molar-refractivity contribution in [1.82, 2.24) is 4.57 Å². The zero-order valence-corrected chi connectivity index (χ0v) is 21.7. The Bertz CT molecular complexity index is 1910. The van der Waals surface area contributed by atoms with Gasteiger partial charge >= 0.3 is 0 Å². The van der Waals surface area contributed by atoms with Crippen LogP contribution in [0.5, 0.6) is 0 Å². The van der Waals surface area contributed by atoms with Gasteiger partial charge in [0.15, 0.2) is 0 Å². The normalized spacial score (nSPS) is 11.7. The molecule has 0 saturated heterocycles. The Labute approximate surface area is 223 Å². The summed E-state index contributed by atoms with van der Waals surface area (Å²) in [4.78, 5) is 0.